The topological polar surface area (TPSA) is 62.8 Å². The summed E-state index contributed by atoms with van der Waals surface area (Å²) in [6.45, 7) is 4.97. The number of nitrogens with one attached hydrogen (secondary N) is 2. The standard InChI is InChI=1S/C20H31N3O3.2ClH/c1-25-18-7-5-16(6-8-18)19(23-10-3-2-4-11-23)14-22-20(24)13-17-15-26-12-9-21-17;;/h5-8,17,19,21H,2-4,9-15H2,1H3,(H,22,24);2*1H. The van der Waals surface area contributed by atoms with Gasteiger partial charge in [-0.2, -0.15) is 0 Å². The Morgan fingerprint density at radius 3 is 2.57 bits per heavy atom. The van der Waals surface area contributed by atoms with Gasteiger partial charge in [0.05, 0.1) is 26.4 Å². The molecule has 1 aromatic rings. The first-order valence-corrected chi connectivity index (χ1v) is 9.72. The molecular weight excluding hydrogens is 401 g/mol. The summed E-state index contributed by atoms with van der Waals surface area (Å²) in [7, 11) is 1.68. The lowest BCUT2D eigenvalue weighted by atomic mass is 10.0. The number of morpholine rings is 1. The molecule has 1 amide bonds. The lowest BCUT2D eigenvalue weighted by molar-refractivity contribution is -0.122. The third kappa shape index (κ3) is 7.41. The van der Waals surface area contributed by atoms with E-state index in [0.717, 1.165) is 32.0 Å². The fourth-order valence-corrected chi connectivity index (χ4v) is 3.77. The van der Waals surface area contributed by atoms with Crippen LogP contribution in [0.15, 0.2) is 24.3 Å². The number of amides is 1. The van der Waals surface area contributed by atoms with Gasteiger partial charge in [0.2, 0.25) is 5.91 Å². The summed E-state index contributed by atoms with van der Waals surface area (Å²) in [6, 6.07) is 8.55. The van der Waals surface area contributed by atoms with Gasteiger partial charge in [0.15, 0.2) is 0 Å². The van der Waals surface area contributed by atoms with Crippen molar-refractivity contribution in [1.82, 2.24) is 15.5 Å². The van der Waals surface area contributed by atoms with Gasteiger partial charge in [-0.25, -0.2) is 0 Å². The Labute approximate surface area is 180 Å². The Morgan fingerprint density at radius 1 is 1.25 bits per heavy atom. The molecule has 1 aromatic carbocycles. The Bertz CT molecular complexity index is 562. The summed E-state index contributed by atoms with van der Waals surface area (Å²) in [4.78, 5) is 14.9. The summed E-state index contributed by atoms with van der Waals surface area (Å²) < 4.78 is 10.7. The van der Waals surface area contributed by atoms with Crippen LogP contribution < -0.4 is 15.4 Å². The van der Waals surface area contributed by atoms with Crippen LogP contribution in [-0.2, 0) is 9.53 Å². The number of hydrogen-bond donors (Lipinski definition) is 2. The predicted octanol–water partition coefficient (Wildman–Crippen LogP) is 2.56. The second-order valence-corrected chi connectivity index (χ2v) is 7.12. The minimum absolute atomic E-state index is 0. The molecule has 0 bridgehead atoms. The Hall–Kier alpha value is -1.05. The highest BCUT2D eigenvalue weighted by atomic mass is 35.5. The number of carbonyl (C=O) groups is 1. The second-order valence-electron chi connectivity index (χ2n) is 7.12. The van der Waals surface area contributed by atoms with Crippen LogP contribution in [0.25, 0.3) is 0 Å². The van der Waals surface area contributed by atoms with Crippen LogP contribution in [-0.4, -0.2) is 63.4 Å². The normalized spacial score (nSPS) is 21.0. The zero-order valence-electron chi connectivity index (χ0n) is 16.5. The summed E-state index contributed by atoms with van der Waals surface area (Å²) in [5, 5.41) is 6.48. The van der Waals surface area contributed by atoms with Crippen LogP contribution in [0.4, 0.5) is 0 Å². The minimum Gasteiger partial charge on any atom is -0.497 e. The quantitative estimate of drug-likeness (QED) is 0.691. The SMILES string of the molecule is COc1ccc(C(CNC(=O)CC2COCCN2)N2CCCCC2)cc1.Cl.Cl. The van der Waals surface area contributed by atoms with E-state index >= 15 is 0 Å². The molecule has 6 nitrogen and oxygen atoms in total. The van der Waals surface area contributed by atoms with E-state index in [4.69, 9.17) is 9.47 Å². The molecular formula is C20H33Cl2N3O3. The van der Waals surface area contributed by atoms with Gasteiger partial charge in [-0.1, -0.05) is 18.6 Å². The molecule has 0 radical (unpaired) electrons. The van der Waals surface area contributed by atoms with E-state index in [2.05, 4.69) is 27.7 Å². The fourth-order valence-electron chi connectivity index (χ4n) is 3.77. The number of nitrogens with zero attached hydrogens (tertiary/aromatic N) is 1. The van der Waals surface area contributed by atoms with Crippen molar-refractivity contribution in [3.63, 3.8) is 0 Å². The molecule has 28 heavy (non-hydrogen) atoms. The number of benzene rings is 1. The molecule has 0 spiro atoms. The molecule has 0 aliphatic carbocycles. The summed E-state index contributed by atoms with van der Waals surface area (Å²) in [6.07, 6.45) is 4.22. The van der Waals surface area contributed by atoms with Crippen molar-refractivity contribution in [2.45, 2.75) is 37.8 Å². The van der Waals surface area contributed by atoms with Gasteiger partial charge < -0.3 is 20.1 Å². The molecule has 2 fully saturated rings. The minimum atomic E-state index is 0. The third-order valence-corrected chi connectivity index (χ3v) is 5.25. The van der Waals surface area contributed by atoms with Gasteiger partial charge >= 0.3 is 0 Å². The maximum absolute atomic E-state index is 12.4. The van der Waals surface area contributed by atoms with Gasteiger partial charge in [0.25, 0.3) is 0 Å². The van der Waals surface area contributed by atoms with Crippen LogP contribution >= 0.6 is 24.8 Å². The smallest absolute Gasteiger partial charge is 0.221 e. The van der Waals surface area contributed by atoms with E-state index < -0.39 is 0 Å². The van der Waals surface area contributed by atoms with Crippen LogP contribution in [0.5, 0.6) is 5.75 Å². The number of halogens is 2. The highest BCUT2D eigenvalue weighted by Crippen LogP contribution is 2.25. The average Bonchev–Trinajstić information content (AvgIpc) is 2.70. The number of hydrogen-bond acceptors (Lipinski definition) is 5. The van der Waals surface area contributed by atoms with Gasteiger partial charge in [-0.3, -0.25) is 9.69 Å². The zero-order chi connectivity index (χ0) is 18.2. The van der Waals surface area contributed by atoms with E-state index in [1.165, 1.54) is 24.8 Å². The van der Waals surface area contributed by atoms with Gasteiger partial charge in [-0.15, -0.1) is 24.8 Å². The molecule has 3 rings (SSSR count). The number of piperidine rings is 1. The van der Waals surface area contributed by atoms with E-state index in [1.54, 1.807) is 7.11 Å². The van der Waals surface area contributed by atoms with Gasteiger partial charge in [-0.05, 0) is 43.6 Å². The number of rotatable bonds is 7. The number of methoxy groups -OCH3 is 1. The molecule has 2 unspecified atom stereocenters. The van der Waals surface area contributed by atoms with Crippen LogP contribution in [0.3, 0.4) is 0 Å². The predicted molar refractivity (Wildman–Crippen MR) is 116 cm³/mol. The van der Waals surface area contributed by atoms with E-state index in [9.17, 15) is 4.79 Å². The lowest BCUT2D eigenvalue weighted by Gasteiger charge is -2.35. The van der Waals surface area contributed by atoms with Crippen molar-refractivity contribution in [3.8, 4) is 5.75 Å². The molecule has 2 heterocycles. The molecule has 160 valence electrons. The van der Waals surface area contributed by atoms with Gasteiger partial charge in [0, 0.05) is 25.6 Å². The average molecular weight is 434 g/mol. The van der Waals surface area contributed by atoms with Crippen LogP contribution in [0.2, 0.25) is 0 Å². The van der Waals surface area contributed by atoms with Crippen molar-refractivity contribution in [2.24, 2.45) is 0 Å². The van der Waals surface area contributed by atoms with Gasteiger partial charge in [0.1, 0.15) is 5.75 Å². The molecule has 8 heteroatoms. The van der Waals surface area contributed by atoms with Crippen LogP contribution in [0, 0.1) is 0 Å². The van der Waals surface area contributed by atoms with Crippen molar-refractivity contribution in [1.29, 1.82) is 0 Å². The van der Waals surface area contributed by atoms with E-state index in [-0.39, 0.29) is 42.8 Å². The molecule has 2 N–H and O–H groups in total. The molecule has 0 saturated carbocycles. The maximum atomic E-state index is 12.4. The van der Waals surface area contributed by atoms with Crippen molar-refractivity contribution < 1.29 is 14.3 Å². The molecule has 2 aliphatic heterocycles. The molecule has 0 aromatic heterocycles. The molecule has 2 saturated heterocycles. The van der Waals surface area contributed by atoms with Crippen LogP contribution in [0.1, 0.15) is 37.3 Å². The number of likely N-dealkylation sites (tertiary alicyclic amines) is 1. The molecule has 2 atom stereocenters. The first kappa shape index (κ1) is 25.0. The number of carbonyl (C=O) groups excluding carboxylic acids is 1. The highest BCUT2D eigenvalue weighted by molar-refractivity contribution is 5.85. The summed E-state index contributed by atoms with van der Waals surface area (Å²) in [5.41, 5.74) is 1.23. The largest absolute Gasteiger partial charge is 0.497 e. The molecule has 2 aliphatic rings. The zero-order valence-corrected chi connectivity index (χ0v) is 18.2. The second kappa shape index (κ2) is 13.2. The van der Waals surface area contributed by atoms with Crippen molar-refractivity contribution in [2.75, 3.05) is 46.5 Å². The first-order valence-electron chi connectivity index (χ1n) is 9.72. The number of ether oxygens (including phenoxy) is 2. The monoisotopic (exact) mass is 433 g/mol. The Morgan fingerprint density at radius 2 is 1.96 bits per heavy atom. The third-order valence-electron chi connectivity index (χ3n) is 5.25. The maximum Gasteiger partial charge on any atom is 0.221 e. The highest BCUT2D eigenvalue weighted by Gasteiger charge is 2.24. The summed E-state index contributed by atoms with van der Waals surface area (Å²) in [5.74, 6) is 0.946. The van der Waals surface area contributed by atoms with E-state index in [0.29, 0.717) is 19.6 Å². The lowest BCUT2D eigenvalue weighted by Crippen LogP contribution is -2.45. The summed E-state index contributed by atoms with van der Waals surface area (Å²) >= 11 is 0. The fraction of sp³-hybridized carbons (Fsp3) is 0.650. The van der Waals surface area contributed by atoms with E-state index in [1.807, 2.05) is 12.1 Å². The Kier molecular flexibility index (Phi) is 11.8. The first-order chi connectivity index (χ1) is 12.8. The van der Waals surface area contributed by atoms with Crippen molar-refractivity contribution >= 4 is 30.7 Å². The van der Waals surface area contributed by atoms with Crippen molar-refractivity contribution in [3.05, 3.63) is 29.8 Å². The Balaban J connectivity index is 0.00000196.